The van der Waals surface area contributed by atoms with E-state index in [-0.39, 0.29) is 12.0 Å². The Hall–Kier alpha value is -0.570. The highest BCUT2D eigenvalue weighted by molar-refractivity contribution is 5.76. The molecule has 1 saturated carbocycles. The van der Waals surface area contributed by atoms with Crippen molar-refractivity contribution >= 4 is 5.97 Å². The van der Waals surface area contributed by atoms with Crippen LogP contribution in [0.5, 0.6) is 0 Å². The van der Waals surface area contributed by atoms with E-state index < -0.39 is 0 Å². The number of carbonyl (C=O) groups excluding carboxylic acids is 1. The molecule has 1 saturated heterocycles. The highest BCUT2D eigenvalue weighted by Gasteiger charge is 2.36. The Bertz CT molecular complexity index is 201. The van der Waals surface area contributed by atoms with Crippen molar-refractivity contribution in [3.63, 3.8) is 0 Å². The molecule has 74 valence electrons. The molecule has 0 bridgehead atoms. The van der Waals surface area contributed by atoms with Gasteiger partial charge in [-0.15, -0.1) is 0 Å². The van der Waals surface area contributed by atoms with Crippen LogP contribution in [0, 0.1) is 11.8 Å². The Balaban J connectivity index is 1.82. The van der Waals surface area contributed by atoms with Crippen LogP contribution >= 0.6 is 0 Å². The molecule has 2 rings (SSSR count). The number of ether oxygens (including phenoxy) is 1. The lowest BCUT2D eigenvalue weighted by Crippen LogP contribution is -2.31. The first-order chi connectivity index (χ1) is 6.31. The number of methoxy groups -OCH3 is 1. The fraction of sp³-hybridized carbons (Fsp3) is 0.900. The third-order valence-electron chi connectivity index (χ3n) is 3.47. The minimum absolute atomic E-state index is 0.0319. The third-order valence-corrected chi connectivity index (χ3v) is 3.47. The summed E-state index contributed by atoms with van der Waals surface area (Å²) in [5, 5.41) is 3.23. The largest absolute Gasteiger partial charge is 0.468 e. The van der Waals surface area contributed by atoms with Gasteiger partial charge < -0.3 is 10.1 Å². The van der Waals surface area contributed by atoms with E-state index in [4.69, 9.17) is 4.74 Å². The summed E-state index contributed by atoms with van der Waals surface area (Å²) in [6, 6.07) is -0.0319. The highest BCUT2D eigenvalue weighted by atomic mass is 16.5. The maximum Gasteiger partial charge on any atom is 0.322 e. The summed E-state index contributed by atoms with van der Waals surface area (Å²) in [7, 11) is 1.46. The van der Waals surface area contributed by atoms with Crippen LogP contribution in [0.4, 0.5) is 0 Å². The zero-order chi connectivity index (χ0) is 9.26. The minimum atomic E-state index is -0.0955. The van der Waals surface area contributed by atoms with Crippen LogP contribution in [0.15, 0.2) is 0 Å². The number of esters is 1. The molecule has 0 aromatic rings. The first-order valence-corrected chi connectivity index (χ1v) is 5.12. The Kier molecular flexibility index (Phi) is 2.54. The van der Waals surface area contributed by atoms with Gasteiger partial charge in [-0.25, -0.2) is 0 Å². The Labute approximate surface area is 78.8 Å². The van der Waals surface area contributed by atoms with Crippen molar-refractivity contribution in [2.45, 2.75) is 31.7 Å². The number of hydrogen-bond donors (Lipinski definition) is 1. The van der Waals surface area contributed by atoms with Gasteiger partial charge in [-0.2, -0.15) is 0 Å². The van der Waals surface area contributed by atoms with Gasteiger partial charge in [-0.1, -0.05) is 19.3 Å². The number of rotatable bonds is 2. The van der Waals surface area contributed by atoms with Crippen LogP contribution in [0.25, 0.3) is 0 Å². The van der Waals surface area contributed by atoms with Crippen LogP contribution in [0.2, 0.25) is 0 Å². The second-order valence-electron chi connectivity index (χ2n) is 4.17. The second kappa shape index (κ2) is 3.66. The van der Waals surface area contributed by atoms with Crippen LogP contribution in [-0.4, -0.2) is 25.7 Å². The summed E-state index contributed by atoms with van der Waals surface area (Å²) in [5.74, 6) is 1.50. The van der Waals surface area contributed by atoms with Gasteiger partial charge in [0.15, 0.2) is 0 Å². The Morgan fingerprint density at radius 3 is 2.69 bits per heavy atom. The molecular formula is C10H17NO2. The summed E-state index contributed by atoms with van der Waals surface area (Å²) in [6.07, 6.45) is 5.09. The van der Waals surface area contributed by atoms with E-state index in [0.29, 0.717) is 0 Å². The van der Waals surface area contributed by atoms with E-state index >= 15 is 0 Å². The molecule has 1 N–H and O–H groups in total. The summed E-state index contributed by atoms with van der Waals surface area (Å²) in [6.45, 7) is 1.00. The van der Waals surface area contributed by atoms with Gasteiger partial charge in [0.2, 0.25) is 0 Å². The highest BCUT2D eigenvalue weighted by Crippen LogP contribution is 2.37. The average molecular weight is 183 g/mol. The van der Waals surface area contributed by atoms with Crippen molar-refractivity contribution in [3.05, 3.63) is 0 Å². The molecule has 2 atom stereocenters. The fourth-order valence-electron chi connectivity index (χ4n) is 2.36. The maximum absolute atomic E-state index is 11.2. The normalized spacial score (nSPS) is 34.2. The fourth-order valence-corrected chi connectivity index (χ4v) is 2.36. The van der Waals surface area contributed by atoms with Crippen LogP contribution < -0.4 is 5.32 Å². The smallest absolute Gasteiger partial charge is 0.322 e. The molecule has 1 heterocycles. The van der Waals surface area contributed by atoms with E-state index in [1.807, 2.05) is 0 Å². The predicted molar refractivity (Wildman–Crippen MR) is 49.3 cm³/mol. The van der Waals surface area contributed by atoms with Crippen molar-refractivity contribution in [1.29, 1.82) is 0 Å². The first kappa shape index (κ1) is 9.00. The maximum atomic E-state index is 11.2. The van der Waals surface area contributed by atoms with Crippen molar-refractivity contribution in [2.24, 2.45) is 11.8 Å². The molecule has 0 amide bonds. The zero-order valence-electron chi connectivity index (χ0n) is 8.08. The monoisotopic (exact) mass is 183 g/mol. The van der Waals surface area contributed by atoms with E-state index in [9.17, 15) is 4.79 Å². The van der Waals surface area contributed by atoms with Crippen LogP contribution in [-0.2, 0) is 9.53 Å². The molecular weight excluding hydrogens is 166 g/mol. The molecule has 2 fully saturated rings. The van der Waals surface area contributed by atoms with Crippen molar-refractivity contribution in [1.82, 2.24) is 5.32 Å². The molecule has 0 aromatic heterocycles. The summed E-state index contributed by atoms with van der Waals surface area (Å²) < 4.78 is 4.71. The van der Waals surface area contributed by atoms with E-state index in [2.05, 4.69) is 5.32 Å². The molecule has 2 aliphatic rings. The SMILES string of the molecule is COC(=O)C1CC(C2CCC2)CN1. The number of carbonyl (C=O) groups is 1. The summed E-state index contributed by atoms with van der Waals surface area (Å²) >= 11 is 0. The van der Waals surface area contributed by atoms with Gasteiger partial charge in [-0.05, 0) is 24.8 Å². The van der Waals surface area contributed by atoms with E-state index in [0.717, 1.165) is 24.8 Å². The number of hydrogen-bond acceptors (Lipinski definition) is 3. The molecule has 13 heavy (non-hydrogen) atoms. The molecule has 0 spiro atoms. The Morgan fingerprint density at radius 1 is 1.38 bits per heavy atom. The molecule has 0 radical (unpaired) electrons. The molecule has 1 aliphatic carbocycles. The average Bonchev–Trinajstić information content (AvgIpc) is 2.49. The van der Waals surface area contributed by atoms with E-state index in [1.54, 1.807) is 0 Å². The van der Waals surface area contributed by atoms with Crippen molar-refractivity contribution in [2.75, 3.05) is 13.7 Å². The minimum Gasteiger partial charge on any atom is -0.468 e. The first-order valence-electron chi connectivity index (χ1n) is 5.12. The lowest BCUT2D eigenvalue weighted by atomic mass is 9.75. The Morgan fingerprint density at radius 2 is 2.15 bits per heavy atom. The summed E-state index contributed by atoms with van der Waals surface area (Å²) in [4.78, 5) is 11.2. The lowest BCUT2D eigenvalue weighted by molar-refractivity contribution is -0.142. The second-order valence-corrected chi connectivity index (χ2v) is 4.17. The van der Waals surface area contributed by atoms with Gasteiger partial charge in [0.05, 0.1) is 7.11 Å². The topological polar surface area (TPSA) is 38.3 Å². The molecule has 3 nitrogen and oxygen atoms in total. The van der Waals surface area contributed by atoms with Gasteiger partial charge in [0.1, 0.15) is 6.04 Å². The van der Waals surface area contributed by atoms with Gasteiger partial charge in [0.25, 0.3) is 0 Å². The molecule has 3 heteroatoms. The van der Waals surface area contributed by atoms with Crippen molar-refractivity contribution < 1.29 is 9.53 Å². The van der Waals surface area contributed by atoms with Gasteiger partial charge in [0, 0.05) is 0 Å². The van der Waals surface area contributed by atoms with Crippen LogP contribution in [0.3, 0.4) is 0 Å². The quantitative estimate of drug-likeness (QED) is 0.647. The summed E-state index contributed by atoms with van der Waals surface area (Å²) in [5.41, 5.74) is 0. The van der Waals surface area contributed by atoms with Gasteiger partial charge in [-0.3, -0.25) is 4.79 Å². The molecule has 2 unspecified atom stereocenters. The zero-order valence-corrected chi connectivity index (χ0v) is 8.08. The van der Waals surface area contributed by atoms with Crippen LogP contribution in [0.1, 0.15) is 25.7 Å². The van der Waals surface area contributed by atoms with Gasteiger partial charge >= 0.3 is 5.97 Å². The third kappa shape index (κ3) is 1.70. The molecule has 1 aliphatic heterocycles. The standard InChI is InChI=1S/C10H17NO2/c1-13-10(12)9-5-8(6-11-9)7-3-2-4-7/h7-9,11H,2-6H2,1H3. The molecule has 0 aromatic carbocycles. The predicted octanol–water partition coefficient (Wildman–Crippen LogP) is 0.938. The van der Waals surface area contributed by atoms with Crippen molar-refractivity contribution in [3.8, 4) is 0 Å². The lowest BCUT2D eigenvalue weighted by Gasteiger charge is -2.30. The van der Waals surface area contributed by atoms with E-state index in [1.165, 1.54) is 26.4 Å². The number of nitrogens with one attached hydrogen (secondary N) is 1.